The number of guanidine groups is 1. The summed E-state index contributed by atoms with van der Waals surface area (Å²) in [5.74, 6) is -3.08. The molecule has 3 amide bonds. The summed E-state index contributed by atoms with van der Waals surface area (Å²) in [5, 5.41) is 18.0. The lowest BCUT2D eigenvalue weighted by Crippen LogP contribution is -2.47. The van der Waals surface area contributed by atoms with Crippen molar-refractivity contribution in [3.8, 4) is 0 Å². The number of hydrogen-bond donors (Lipinski definition) is 6. The summed E-state index contributed by atoms with van der Waals surface area (Å²) in [4.78, 5) is 82.0. The van der Waals surface area contributed by atoms with E-state index >= 15 is 0 Å². The number of nitrogens with zero attached hydrogens (tertiary/aromatic N) is 1. The van der Waals surface area contributed by atoms with Gasteiger partial charge in [0.2, 0.25) is 17.7 Å². The average molecular weight is 779 g/mol. The van der Waals surface area contributed by atoms with E-state index in [4.69, 9.17) is 11.5 Å². The minimum Gasteiger partial charge on any atom is -0.394 e. The number of hydrogen-bond acceptors (Lipinski definition) is 8. The van der Waals surface area contributed by atoms with Gasteiger partial charge in [-0.2, -0.15) is 0 Å². The lowest BCUT2D eigenvalue weighted by molar-refractivity contribution is -0.135. The predicted molar refractivity (Wildman–Crippen MR) is 220 cm³/mol. The number of amides is 3. The minimum atomic E-state index is -1.12. The average Bonchev–Trinajstić information content (AvgIpc) is 3.13. The van der Waals surface area contributed by atoms with E-state index in [0.717, 1.165) is 19.3 Å². The number of aliphatic imine (C=N–C) groups is 1. The molecular formula is C42H78N6O7. The van der Waals surface area contributed by atoms with Crippen molar-refractivity contribution in [3.63, 3.8) is 0 Å². The molecule has 0 unspecified atom stereocenters. The zero-order valence-corrected chi connectivity index (χ0v) is 35.2. The molecule has 0 bridgehead atoms. The molecule has 0 fully saturated rings. The van der Waals surface area contributed by atoms with E-state index < -0.39 is 48.2 Å². The van der Waals surface area contributed by atoms with Gasteiger partial charge in [0, 0.05) is 44.6 Å². The maximum Gasteiger partial charge on any atom is 0.224 e. The fourth-order valence-electron chi connectivity index (χ4n) is 6.55. The molecule has 0 heterocycles. The number of nitrogens with two attached hydrogens (primary N) is 2. The van der Waals surface area contributed by atoms with E-state index in [2.05, 4.69) is 27.9 Å². The van der Waals surface area contributed by atoms with Crippen molar-refractivity contribution in [2.45, 2.75) is 195 Å². The number of ketones is 3. The number of carbonyl (C=O) groups is 6. The van der Waals surface area contributed by atoms with Crippen LogP contribution in [0.2, 0.25) is 0 Å². The SMILES string of the molecule is CCCCCCCCCCCCCCCC(=O)N[C@@H](CO)C(=O)CCC(=O)N[C@@H](CCCN=C(N)N)C(=O)C[C@H](C(=O)N[C@@H](CC(C)C)C(=O)CC)C(C)C. The van der Waals surface area contributed by atoms with Gasteiger partial charge in [-0.1, -0.05) is 119 Å². The number of rotatable bonds is 35. The van der Waals surface area contributed by atoms with Crippen LogP contribution in [-0.4, -0.2) is 77.4 Å². The second kappa shape index (κ2) is 31.8. The third-order valence-corrected chi connectivity index (χ3v) is 10.0. The molecule has 0 aromatic rings. The smallest absolute Gasteiger partial charge is 0.224 e. The highest BCUT2D eigenvalue weighted by molar-refractivity contribution is 5.95. The van der Waals surface area contributed by atoms with Crippen LogP contribution < -0.4 is 27.4 Å². The molecule has 0 saturated carbocycles. The molecule has 0 spiro atoms. The first-order chi connectivity index (χ1) is 26.2. The largest absolute Gasteiger partial charge is 0.394 e. The van der Waals surface area contributed by atoms with Gasteiger partial charge >= 0.3 is 0 Å². The zero-order valence-electron chi connectivity index (χ0n) is 35.2. The lowest BCUT2D eigenvalue weighted by atomic mass is 9.86. The Morgan fingerprint density at radius 2 is 1.13 bits per heavy atom. The van der Waals surface area contributed by atoms with Crippen molar-refractivity contribution in [1.29, 1.82) is 0 Å². The van der Waals surface area contributed by atoms with E-state index in [1.807, 2.05) is 27.7 Å². The van der Waals surface area contributed by atoms with Gasteiger partial charge in [-0.25, -0.2) is 0 Å². The molecule has 8 N–H and O–H groups in total. The summed E-state index contributed by atoms with van der Waals surface area (Å²) in [6.07, 6.45) is 16.4. The topological polar surface area (TPSA) is 223 Å². The molecule has 0 aromatic carbocycles. The predicted octanol–water partition coefficient (Wildman–Crippen LogP) is 5.57. The third-order valence-electron chi connectivity index (χ3n) is 10.0. The monoisotopic (exact) mass is 779 g/mol. The summed E-state index contributed by atoms with van der Waals surface area (Å²) >= 11 is 0. The van der Waals surface area contributed by atoms with E-state index in [9.17, 15) is 33.9 Å². The number of aliphatic hydroxyl groups excluding tert-OH is 1. The first-order valence-corrected chi connectivity index (χ1v) is 21.3. The maximum atomic E-state index is 13.6. The van der Waals surface area contributed by atoms with Gasteiger partial charge in [0.05, 0.1) is 18.7 Å². The molecule has 13 heteroatoms. The summed E-state index contributed by atoms with van der Waals surface area (Å²) < 4.78 is 0. The molecular weight excluding hydrogens is 700 g/mol. The van der Waals surface area contributed by atoms with Gasteiger partial charge in [0.15, 0.2) is 23.3 Å². The Bertz CT molecular complexity index is 1160. The van der Waals surface area contributed by atoms with Gasteiger partial charge < -0.3 is 32.5 Å². The van der Waals surface area contributed by atoms with E-state index in [0.29, 0.717) is 19.3 Å². The Morgan fingerprint density at radius 1 is 0.600 bits per heavy atom. The number of unbranched alkanes of at least 4 members (excludes halogenated alkanes) is 12. The quantitative estimate of drug-likeness (QED) is 0.0268. The molecule has 4 atom stereocenters. The number of carbonyl (C=O) groups excluding carboxylic acids is 6. The molecule has 0 radical (unpaired) electrons. The zero-order chi connectivity index (χ0) is 41.6. The van der Waals surface area contributed by atoms with Crippen molar-refractivity contribution in [1.82, 2.24) is 16.0 Å². The van der Waals surface area contributed by atoms with E-state index in [-0.39, 0.29) is 80.3 Å². The highest BCUT2D eigenvalue weighted by atomic mass is 16.3. The number of nitrogens with one attached hydrogen (secondary N) is 3. The Kier molecular flexibility index (Phi) is 29.9. The summed E-state index contributed by atoms with van der Waals surface area (Å²) in [7, 11) is 0. The van der Waals surface area contributed by atoms with Crippen molar-refractivity contribution >= 4 is 41.0 Å². The second-order valence-electron chi connectivity index (χ2n) is 15.9. The second-order valence-corrected chi connectivity index (χ2v) is 15.9. The third kappa shape index (κ3) is 26.2. The Hall–Kier alpha value is -3.35. The summed E-state index contributed by atoms with van der Waals surface area (Å²) in [5.41, 5.74) is 10.9. The fraction of sp³-hybridized carbons (Fsp3) is 0.833. The highest BCUT2D eigenvalue weighted by Gasteiger charge is 2.32. The molecule has 55 heavy (non-hydrogen) atoms. The van der Waals surface area contributed by atoms with Crippen molar-refractivity contribution < 1.29 is 33.9 Å². The van der Waals surface area contributed by atoms with Crippen molar-refractivity contribution in [3.05, 3.63) is 0 Å². The Morgan fingerprint density at radius 3 is 1.62 bits per heavy atom. The summed E-state index contributed by atoms with van der Waals surface area (Å²) in [6, 6.07) is -2.74. The Balaban J connectivity index is 5.05. The normalized spacial score (nSPS) is 13.5. The van der Waals surface area contributed by atoms with Crippen molar-refractivity contribution in [2.75, 3.05) is 13.2 Å². The highest BCUT2D eigenvalue weighted by Crippen LogP contribution is 2.20. The van der Waals surface area contributed by atoms with Gasteiger partial charge in [0.1, 0.15) is 6.04 Å². The van der Waals surface area contributed by atoms with Crippen LogP contribution >= 0.6 is 0 Å². The maximum absolute atomic E-state index is 13.6. The van der Waals surface area contributed by atoms with E-state index in [1.165, 1.54) is 57.8 Å². The number of Topliss-reactive ketones (excluding diaryl/α,β-unsaturated/α-hetero) is 3. The first-order valence-electron chi connectivity index (χ1n) is 21.3. The molecule has 0 rings (SSSR count). The van der Waals surface area contributed by atoms with Crippen LogP contribution in [-0.2, 0) is 28.8 Å². The minimum absolute atomic E-state index is 0.0758. The molecule has 0 aliphatic carbocycles. The van der Waals surface area contributed by atoms with Crippen LogP contribution in [0.1, 0.15) is 176 Å². The molecule has 0 aromatic heterocycles. The fourth-order valence-corrected chi connectivity index (χ4v) is 6.55. The molecule has 318 valence electrons. The molecule has 13 nitrogen and oxygen atoms in total. The Labute approximate surface area is 332 Å². The lowest BCUT2D eigenvalue weighted by Gasteiger charge is -2.26. The van der Waals surface area contributed by atoms with Crippen LogP contribution in [0.5, 0.6) is 0 Å². The van der Waals surface area contributed by atoms with Crippen LogP contribution in [0.3, 0.4) is 0 Å². The molecule has 0 saturated heterocycles. The van der Waals surface area contributed by atoms with Gasteiger partial charge in [0.25, 0.3) is 0 Å². The van der Waals surface area contributed by atoms with Crippen LogP contribution in [0.25, 0.3) is 0 Å². The van der Waals surface area contributed by atoms with Crippen LogP contribution in [0.4, 0.5) is 0 Å². The van der Waals surface area contributed by atoms with Crippen LogP contribution in [0, 0.1) is 17.8 Å². The van der Waals surface area contributed by atoms with Gasteiger partial charge in [-0.15, -0.1) is 0 Å². The van der Waals surface area contributed by atoms with Gasteiger partial charge in [-0.05, 0) is 37.5 Å². The van der Waals surface area contributed by atoms with E-state index in [1.54, 1.807) is 6.92 Å². The molecule has 0 aliphatic rings. The van der Waals surface area contributed by atoms with Crippen molar-refractivity contribution in [2.24, 2.45) is 34.2 Å². The van der Waals surface area contributed by atoms with Crippen LogP contribution in [0.15, 0.2) is 4.99 Å². The summed E-state index contributed by atoms with van der Waals surface area (Å²) in [6.45, 7) is 11.2. The van der Waals surface area contributed by atoms with Gasteiger partial charge in [-0.3, -0.25) is 33.8 Å². The first kappa shape index (κ1) is 51.6. The number of aliphatic hydroxyl groups is 1. The molecule has 0 aliphatic heterocycles. The standard InChI is InChI=1S/C42H78N6O7/c1-7-9-10-11-12-13-14-15-16-17-18-19-20-23-39(53)47-35(29-49)37(51)24-25-40(54)46-33(22-21-26-45-42(43)44)38(52)28-32(31(5)6)41(55)48-34(27-30(3)4)36(50)8-2/h30-35,49H,7-29H2,1-6H3,(H,46,54)(H,47,53)(H,48,55)(H4,43,44,45)/t32-,33-,34-,35-/m0/s1.